The normalized spacial score (nSPS) is 13.4. The fourth-order valence-electron chi connectivity index (χ4n) is 4.01. The summed E-state index contributed by atoms with van der Waals surface area (Å²) in [4.78, 5) is 12.6. The molecule has 6 heteroatoms. The van der Waals surface area contributed by atoms with E-state index in [0.717, 1.165) is 46.3 Å². The summed E-state index contributed by atoms with van der Waals surface area (Å²) in [7, 11) is 0. The van der Waals surface area contributed by atoms with Crippen LogP contribution in [0.15, 0.2) is 72.0 Å². The number of pyridine rings is 1. The predicted molar refractivity (Wildman–Crippen MR) is 120 cm³/mol. The van der Waals surface area contributed by atoms with Gasteiger partial charge in [0.1, 0.15) is 11.6 Å². The molecule has 4 aromatic rings. The molecule has 0 radical (unpaired) electrons. The number of nitrogens with zero attached hydrogens (tertiary/aromatic N) is 2. The first kappa shape index (κ1) is 18.9. The standard InChI is InChI=1S/C24H21FN4S/c1-30-24-28-22(15-6-8-19(25)9-7-15)23(29-24)18-10-11-26-21(14-18)27-20-12-16-4-2-3-5-17(16)13-20/h2-11,14,20H,12-13H2,1H3,(H,26,27)(H,28,29). The molecule has 0 saturated carbocycles. The van der Waals surface area contributed by atoms with Crippen molar-refractivity contribution in [3.05, 3.63) is 83.8 Å². The highest BCUT2D eigenvalue weighted by Crippen LogP contribution is 2.33. The Bertz CT molecular complexity index is 1160. The SMILES string of the molecule is CSc1nc(-c2ccnc(NC3Cc4ccccc4C3)c2)c(-c2ccc(F)cc2)[nH]1. The Morgan fingerprint density at radius 3 is 2.43 bits per heavy atom. The van der Waals surface area contributed by atoms with Gasteiger partial charge in [0.15, 0.2) is 5.16 Å². The number of hydrogen-bond acceptors (Lipinski definition) is 4. The number of anilines is 1. The van der Waals surface area contributed by atoms with Gasteiger partial charge in [-0.15, -0.1) is 0 Å². The molecule has 0 aliphatic heterocycles. The van der Waals surface area contributed by atoms with Gasteiger partial charge in [-0.1, -0.05) is 36.0 Å². The quantitative estimate of drug-likeness (QED) is 0.417. The summed E-state index contributed by atoms with van der Waals surface area (Å²) in [6.45, 7) is 0. The molecule has 1 aliphatic rings. The number of aromatic nitrogens is 3. The van der Waals surface area contributed by atoms with Gasteiger partial charge >= 0.3 is 0 Å². The van der Waals surface area contributed by atoms with E-state index in [9.17, 15) is 4.39 Å². The number of thioether (sulfide) groups is 1. The van der Waals surface area contributed by atoms with Crippen LogP contribution in [0.25, 0.3) is 22.5 Å². The molecule has 5 rings (SSSR count). The van der Waals surface area contributed by atoms with E-state index in [1.54, 1.807) is 23.9 Å². The van der Waals surface area contributed by atoms with Gasteiger partial charge in [-0.25, -0.2) is 14.4 Å². The number of rotatable bonds is 5. The third-order valence-electron chi connectivity index (χ3n) is 5.44. The topological polar surface area (TPSA) is 53.6 Å². The van der Waals surface area contributed by atoms with Gasteiger partial charge in [0, 0.05) is 23.4 Å². The Labute approximate surface area is 179 Å². The Morgan fingerprint density at radius 1 is 1.00 bits per heavy atom. The summed E-state index contributed by atoms with van der Waals surface area (Å²) in [5, 5.41) is 4.40. The van der Waals surface area contributed by atoms with E-state index in [2.05, 4.69) is 39.6 Å². The summed E-state index contributed by atoms with van der Waals surface area (Å²) in [6.07, 6.45) is 5.79. The Balaban J connectivity index is 1.44. The van der Waals surface area contributed by atoms with Crippen LogP contribution in [0.5, 0.6) is 0 Å². The van der Waals surface area contributed by atoms with E-state index in [0.29, 0.717) is 6.04 Å². The second kappa shape index (κ2) is 7.95. The van der Waals surface area contributed by atoms with Crippen molar-refractivity contribution in [3.8, 4) is 22.5 Å². The summed E-state index contributed by atoms with van der Waals surface area (Å²) >= 11 is 1.55. The zero-order chi connectivity index (χ0) is 20.5. The maximum absolute atomic E-state index is 13.4. The second-order valence-electron chi connectivity index (χ2n) is 7.42. The number of halogens is 1. The third kappa shape index (κ3) is 3.71. The molecule has 2 N–H and O–H groups in total. The molecule has 0 amide bonds. The van der Waals surface area contributed by atoms with E-state index >= 15 is 0 Å². The predicted octanol–water partition coefficient (Wildman–Crippen LogP) is 5.58. The number of fused-ring (bicyclic) bond motifs is 1. The monoisotopic (exact) mass is 416 g/mol. The van der Waals surface area contributed by atoms with Crippen LogP contribution in [-0.2, 0) is 12.8 Å². The van der Waals surface area contributed by atoms with Gasteiger partial charge in [0.25, 0.3) is 0 Å². The van der Waals surface area contributed by atoms with Crippen molar-refractivity contribution in [2.75, 3.05) is 11.6 Å². The van der Waals surface area contributed by atoms with Gasteiger partial charge in [-0.2, -0.15) is 0 Å². The molecule has 0 fully saturated rings. The van der Waals surface area contributed by atoms with E-state index in [4.69, 9.17) is 4.98 Å². The molecule has 1 aliphatic carbocycles. The van der Waals surface area contributed by atoms with Crippen LogP contribution in [0.1, 0.15) is 11.1 Å². The van der Waals surface area contributed by atoms with E-state index in [1.165, 1.54) is 23.3 Å². The lowest BCUT2D eigenvalue weighted by Crippen LogP contribution is -2.20. The number of hydrogen-bond donors (Lipinski definition) is 2. The van der Waals surface area contributed by atoms with Gasteiger partial charge in [0.05, 0.1) is 11.4 Å². The lowest BCUT2D eigenvalue weighted by atomic mass is 10.1. The minimum Gasteiger partial charge on any atom is -0.367 e. The summed E-state index contributed by atoms with van der Waals surface area (Å²) < 4.78 is 13.4. The van der Waals surface area contributed by atoms with Crippen LogP contribution in [0.4, 0.5) is 10.2 Å². The van der Waals surface area contributed by atoms with Crippen molar-refractivity contribution >= 4 is 17.6 Å². The second-order valence-corrected chi connectivity index (χ2v) is 8.22. The largest absolute Gasteiger partial charge is 0.367 e. The number of aromatic amines is 1. The molecule has 0 saturated heterocycles. The van der Waals surface area contributed by atoms with Crippen LogP contribution in [0, 0.1) is 5.82 Å². The fourth-order valence-corrected chi connectivity index (χ4v) is 4.40. The van der Waals surface area contributed by atoms with E-state index in [-0.39, 0.29) is 5.82 Å². The highest BCUT2D eigenvalue weighted by molar-refractivity contribution is 7.98. The van der Waals surface area contributed by atoms with Gasteiger partial charge in [-0.3, -0.25) is 0 Å². The first-order valence-electron chi connectivity index (χ1n) is 9.89. The fraction of sp³-hybridized carbons (Fsp3) is 0.167. The molecule has 0 atom stereocenters. The van der Waals surface area contributed by atoms with Crippen LogP contribution >= 0.6 is 11.8 Å². The first-order chi connectivity index (χ1) is 14.7. The van der Waals surface area contributed by atoms with Crippen molar-refractivity contribution in [2.45, 2.75) is 24.0 Å². The summed E-state index contributed by atoms with van der Waals surface area (Å²) in [5.41, 5.74) is 6.40. The molecule has 4 nitrogen and oxygen atoms in total. The van der Waals surface area contributed by atoms with Crippen LogP contribution in [-0.4, -0.2) is 27.2 Å². The van der Waals surface area contributed by atoms with Crippen LogP contribution in [0.3, 0.4) is 0 Å². The molecule has 2 aromatic carbocycles. The van der Waals surface area contributed by atoms with Crippen molar-refractivity contribution in [3.63, 3.8) is 0 Å². The zero-order valence-electron chi connectivity index (χ0n) is 16.5. The number of imidazole rings is 1. The zero-order valence-corrected chi connectivity index (χ0v) is 17.3. The third-order valence-corrected chi connectivity index (χ3v) is 6.02. The average Bonchev–Trinajstić information content (AvgIpc) is 3.38. The highest BCUT2D eigenvalue weighted by Gasteiger charge is 2.21. The van der Waals surface area contributed by atoms with Crippen molar-refractivity contribution in [1.29, 1.82) is 0 Å². The van der Waals surface area contributed by atoms with Crippen LogP contribution in [0.2, 0.25) is 0 Å². The van der Waals surface area contributed by atoms with Gasteiger partial charge in [0.2, 0.25) is 0 Å². The van der Waals surface area contributed by atoms with E-state index < -0.39 is 0 Å². The molecule has 30 heavy (non-hydrogen) atoms. The molecule has 0 bridgehead atoms. The van der Waals surface area contributed by atoms with Crippen molar-refractivity contribution in [1.82, 2.24) is 15.0 Å². The number of nitrogens with one attached hydrogen (secondary N) is 2. The molecule has 2 aromatic heterocycles. The van der Waals surface area contributed by atoms with E-state index in [1.807, 2.05) is 24.6 Å². The number of H-pyrrole nitrogens is 1. The highest BCUT2D eigenvalue weighted by atomic mass is 32.2. The van der Waals surface area contributed by atoms with Crippen molar-refractivity contribution < 1.29 is 4.39 Å². The molecular weight excluding hydrogens is 395 g/mol. The number of benzene rings is 2. The van der Waals surface area contributed by atoms with Crippen LogP contribution < -0.4 is 5.32 Å². The molecular formula is C24H21FN4S. The Hall–Kier alpha value is -3.12. The lowest BCUT2D eigenvalue weighted by Gasteiger charge is -2.13. The van der Waals surface area contributed by atoms with Gasteiger partial charge in [-0.05, 0) is 66.6 Å². The summed E-state index contributed by atoms with van der Waals surface area (Å²) in [5.74, 6) is 0.585. The average molecular weight is 417 g/mol. The summed E-state index contributed by atoms with van der Waals surface area (Å²) in [6, 6.07) is 19.4. The Kier molecular flexibility index (Phi) is 5.01. The molecule has 2 heterocycles. The lowest BCUT2D eigenvalue weighted by molar-refractivity contribution is 0.628. The van der Waals surface area contributed by atoms with Crippen molar-refractivity contribution in [2.24, 2.45) is 0 Å². The smallest absolute Gasteiger partial charge is 0.166 e. The molecule has 150 valence electrons. The minimum absolute atomic E-state index is 0.252. The minimum atomic E-state index is -0.252. The first-order valence-corrected chi connectivity index (χ1v) is 11.1. The maximum Gasteiger partial charge on any atom is 0.166 e. The molecule has 0 unspecified atom stereocenters. The van der Waals surface area contributed by atoms with Gasteiger partial charge < -0.3 is 10.3 Å². The Morgan fingerprint density at radius 2 is 1.73 bits per heavy atom. The molecule has 0 spiro atoms. The maximum atomic E-state index is 13.4.